The summed E-state index contributed by atoms with van der Waals surface area (Å²) in [6.07, 6.45) is 0.975. The van der Waals surface area contributed by atoms with Crippen molar-refractivity contribution in [2.24, 2.45) is 5.92 Å². The average Bonchev–Trinajstić information content (AvgIpc) is 3.26. The third-order valence-electron chi connectivity index (χ3n) is 4.67. The van der Waals surface area contributed by atoms with Crippen molar-refractivity contribution in [3.05, 3.63) is 52.0 Å². The van der Waals surface area contributed by atoms with Crippen LogP contribution in [0.15, 0.2) is 35.7 Å². The number of ether oxygens (including phenoxy) is 2. The van der Waals surface area contributed by atoms with Gasteiger partial charge in [0.1, 0.15) is 0 Å². The van der Waals surface area contributed by atoms with Crippen molar-refractivity contribution in [1.82, 2.24) is 4.90 Å². The minimum Gasteiger partial charge on any atom is -0.494 e. The number of nitrogens with zero attached hydrogens (tertiary/aromatic N) is 1. The first kappa shape index (κ1) is 20.0. The topological polar surface area (TPSA) is 72.9 Å². The summed E-state index contributed by atoms with van der Waals surface area (Å²) in [6.45, 7) is 0.487. The van der Waals surface area contributed by atoms with Crippen LogP contribution in [0.25, 0.3) is 0 Å². The highest BCUT2D eigenvalue weighted by molar-refractivity contribution is 7.12. The third kappa shape index (κ3) is 4.56. The van der Waals surface area contributed by atoms with E-state index in [1.807, 2.05) is 11.4 Å². The zero-order valence-electron chi connectivity index (χ0n) is 15.4. The number of methoxy groups -OCH3 is 1. The lowest BCUT2D eigenvalue weighted by molar-refractivity contribution is -0.148. The second-order valence-electron chi connectivity index (χ2n) is 6.42. The molecule has 6 nitrogen and oxygen atoms in total. The van der Waals surface area contributed by atoms with Crippen LogP contribution in [0.2, 0.25) is 0 Å². The first-order chi connectivity index (χ1) is 13.5. The number of likely N-dealkylation sites (tertiary alicyclic amines) is 1. The van der Waals surface area contributed by atoms with Gasteiger partial charge in [0.05, 0.1) is 17.9 Å². The van der Waals surface area contributed by atoms with Crippen LogP contribution in [0.4, 0.5) is 4.39 Å². The molecule has 0 unspecified atom stereocenters. The summed E-state index contributed by atoms with van der Waals surface area (Å²) in [5.74, 6) is -1.95. The molecule has 1 aromatic carbocycles. The summed E-state index contributed by atoms with van der Waals surface area (Å²) in [6, 6.07) is 7.44. The van der Waals surface area contributed by atoms with E-state index in [0.29, 0.717) is 30.8 Å². The number of ketones is 1. The second kappa shape index (κ2) is 8.97. The lowest BCUT2D eigenvalue weighted by Crippen LogP contribution is -2.40. The quantitative estimate of drug-likeness (QED) is 0.545. The molecule has 3 rings (SSSR count). The lowest BCUT2D eigenvalue weighted by Gasteiger charge is -2.30. The number of hydrogen-bond donors (Lipinski definition) is 0. The fourth-order valence-electron chi connectivity index (χ4n) is 3.05. The number of carbonyl (C=O) groups excluding carboxylic acids is 3. The van der Waals surface area contributed by atoms with Gasteiger partial charge in [0.25, 0.3) is 5.91 Å². The summed E-state index contributed by atoms with van der Waals surface area (Å²) in [7, 11) is 1.33. The van der Waals surface area contributed by atoms with Gasteiger partial charge in [0, 0.05) is 18.7 Å². The van der Waals surface area contributed by atoms with Crippen LogP contribution >= 0.6 is 11.3 Å². The van der Waals surface area contributed by atoms with E-state index < -0.39 is 24.2 Å². The molecule has 0 atom stereocenters. The van der Waals surface area contributed by atoms with Crippen molar-refractivity contribution in [2.75, 3.05) is 26.8 Å². The van der Waals surface area contributed by atoms with Crippen molar-refractivity contribution in [2.45, 2.75) is 12.8 Å². The van der Waals surface area contributed by atoms with E-state index in [2.05, 4.69) is 0 Å². The summed E-state index contributed by atoms with van der Waals surface area (Å²) in [4.78, 5) is 39.1. The number of halogens is 1. The van der Waals surface area contributed by atoms with Crippen LogP contribution in [0, 0.1) is 11.7 Å². The van der Waals surface area contributed by atoms with Crippen LogP contribution < -0.4 is 4.74 Å². The van der Waals surface area contributed by atoms with Crippen LogP contribution in [0.1, 0.15) is 32.9 Å². The van der Waals surface area contributed by atoms with E-state index >= 15 is 0 Å². The molecule has 1 aliphatic heterocycles. The molecule has 0 N–H and O–H groups in total. The third-order valence-corrected chi connectivity index (χ3v) is 5.52. The zero-order chi connectivity index (χ0) is 20.1. The van der Waals surface area contributed by atoms with Gasteiger partial charge in [-0.25, -0.2) is 4.39 Å². The number of carbonyl (C=O) groups is 3. The standard InChI is InChI=1S/C20H20FNO5S/c1-26-17-5-4-14(11-15(17)21)16(23)12-27-20(25)13-6-8-22(9-7-13)19(24)18-3-2-10-28-18/h2-5,10-11,13H,6-9,12H2,1H3. The number of piperidine rings is 1. The maximum Gasteiger partial charge on any atom is 0.309 e. The van der Waals surface area contributed by atoms with Crippen LogP contribution in [0.3, 0.4) is 0 Å². The number of Topliss-reactive ketones (excluding diaryl/α,β-unsaturated/α-hetero) is 1. The van der Waals surface area contributed by atoms with E-state index in [1.54, 1.807) is 11.0 Å². The Labute approximate surface area is 165 Å². The van der Waals surface area contributed by atoms with Gasteiger partial charge in [-0.1, -0.05) is 6.07 Å². The molecule has 1 fully saturated rings. The predicted molar refractivity (Wildman–Crippen MR) is 101 cm³/mol. The molecule has 2 aromatic rings. The van der Waals surface area contributed by atoms with Crippen LogP contribution in [-0.4, -0.2) is 49.4 Å². The molecule has 0 spiro atoms. The molecule has 28 heavy (non-hydrogen) atoms. The average molecular weight is 405 g/mol. The Kier molecular flexibility index (Phi) is 6.41. The van der Waals surface area contributed by atoms with Gasteiger partial charge in [-0.2, -0.15) is 0 Å². The van der Waals surface area contributed by atoms with E-state index in [1.165, 1.54) is 30.6 Å². The minimum atomic E-state index is -0.651. The number of thiophene rings is 1. The molecule has 1 aliphatic rings. The summed E-state index contributed by atoms with van der Waals surface area (Å²) in [5.41, 5.74) is 0.113. The Morgan fingerprint density at radius 3 is 2.57 bits per heavy atom. The van der Waals surface area contributed by atoms with Gasteiger partial charge in [0.15, 0.2) is 24.0 Å². The molecule has 8 heteroatoms. The molecule has 0 aliphatic carbocycles. The second-order valence-corrected chi connectivity index (χ2v) is 7.37. The molecule has 1 aromatic heterocycles. The van der Waals surface area contributed by atoms with E-state index in [0.717, 1.165) is 6.07 Å². The van der Waals surface area contributed by atoms with Crippen LogP contribution in [0.5, 0.6) is 5.75 Å². The molecule has 1 amide bonds. The van der Waals surface area contributed by atoms with E-state index in [9.17, 15) is 18.8 Å². The van der Waals surface area contributed by atoms with Gasteiger partial charge in [-0.05, 0) is 42.5 Å². The molecule has 0 radical (unpaired) electrons. The molecule has 0 bridgehead atoms. The Balaban J connectivity index is 1.47. The Bertz CT molecular complexity index is 859. The highest BCUT2D eigenvalue weighted by atomic mass is 32.1. The van der Waals surface area contributed by atoms with Crippen molar-refractivity contribution in [3.8, 4) is 5.75 Å². The molecular formula is C20H20FNO5S. The first-order valence-corrected chi connectivity index (χ1v) is 9.73. The molecule has 0 saturated carbocycles. The number of amides is 1. The zero-order valence-corrected chi connectivity index (χ0v) is 16.2. The molecule has 2 heterocycles. The number of benzene rings is 1. The Morgan fingerprint density at radius 1 is 1.21 bits per heavy atom. The van der Waals surface area contributed by atoms with Gasteiger partial charge in [-0.15, -0.1) is 11.3 Å². The fraction of sp³-hybridized carbons (Fsp3) is 0.350. The number of hydrogen-bond acceptors (Lipinski definition) is 6. The van der Waals surface area contributed by atoms with Crippen molar-refractivity contribution in [1.29, 1.82) is 0 Å². The Hall–Kier alpha value is -2.74. The summed E-state index contributed by atoms with van der Waals surface area (Å²) < 4.78 is 23.6. The highest BCUT2D eigenvalue weighted by Gasteiger charge is 2.29. The largest absolute Gasteiger partial charge is 0.494 e. The smallest absolute Gasteiger partial charge is 0.309 e. The lowest BCUT2D eigenvalue weighted by atomic mass is 9.97. The highest BCUT2D eigenvalue weighted by Crippen LogP contribution is 2.22. The van der Waals surface area contributed by atoms with Crippen LogP contribution in [-0.2, 0) is 9.53 Å². The maximum absolute atomic E-state index is 13.7. The van der Waals surface area contributed by atoms with Crippen molar-refractivity contribution >= 4 is 29.0 Å². The van der Waals surface area contributed by atoms with E-state index in [4.69, 9.17) is 9.47 Å². The minimum absolute atomic E-state index is 0.0291. The molecule has 1 saturated heterocycles. The number of esters is 1. The van der Waals surface area contributed by atoms with Gasteiger partial charge in [0.2, 0.25) is 0 Å². The van der Waals surface area contributed by atoms with E-state index in [-0.39, 0.29) is 23.1 Å². The predicted octanol–water partition coefficient (Wildman–Crippen LogP) is 3.17. The molecular weight excluding hydrogens is 385 g/mol. The molecule has 148 valence electrons. The van der Waals surface area contributed by atoms with Gasteiger partial charge >= 0.3 is 5.97 Å². The van der Waals surface area contributed by atoms with Crippen molar-refractivity contribution < 1.29 is 28.2 Å². The normalized spacial score (nSPS) is 14.6. The fourth-order valence-corrected chi connectivity index (χ4v) is 3.74. The van der Waals surface area contributed by atoms with Crippen molar-refractivity contribution in [3.63, 3.8) is 0 Å². The summed E-state index contributed by atoms with van der Waals surface area (Å²) in [5, 5.41) is 1.85. The van der Waals surface area contributed by atoms with Gasteiger partial charge < -0.3 is 14.4 Å². The summed E-state index contributed by atoms with van der Waals surface area (Å²) >= 11 is 1.39. The maximum atomic E-state index is 13.7. The SMILES string of the molecule is COc1ccc(C(=O)COC(=O)C2CCN(C(=O)c3cccs3)CC2)cc1F. The van der Waals surface area contributed by atoms with Gasteiger partial charge in [-0.3, -0.25) is 14.4 Å². The first-order valence-electron chi connectivity index (χ1n) is 8.85. The Morgan fingerprint density at radius 2 is 1.96 bits per heavy atom. The number of rotatable bonds is 6. The monoisotopic (exact) mass is 405 g/mol.